The van der Waals surface area contributed by atoms with Gasteiger partial charge in [0, 0.05) is 10.4 Å². The minimum atomic E-state index is 0.472. The van der Waals surface area contributed by atoms with E-state index in [0.29, 0.717) is 5.92 Å². The van der Waals surface area contributed by atoms with Crippen molar-refractivity contribution in [1.29, 1.82) is 0 Å². The van der Waals surface area contributed by atoms with Gasteiger partial charge in [-0.15, -0.1) is 0 Å². The van der Waals surface area contributed by atoms with Crippen LogP contribution in [0.5, 0.6) is 0 Å². The number of halogens is 1. The first kappa shape index (κ1) is 14.6. The number of rotatable bonds is 4. The van der Waals surface area contributed by atoms with Gasteiger partial charge in [0.05, 0.1) is 0 Å². The van der Waals surface area contributed by atoms with Crippen molar-refractivity contribution in [3.05, 3.63) is 69.2 Å². The van der Waals surface area contributed by atoms with E-state index in [1.165, 1.54) is 51.6 Å². The Kier molecular flexibility index (Phi) is 4.30. The fourth-order valence-electron chi connectivity index (χ4n) is 3.21. The van der Waals surface area contributed by atoms with Crippen LogP contribution in [0.4, 0.5) is 0 Å². The lowest BCUT2D eigenvalue weighted by atomic mass is 9.89. The first-order chi connectivity index (χ1) is 10.2. The zero-order valence-electron chi connectivity index (χ0n) is 12.7. The molecule has 108 valence electrons. The maximum Gasteiger partial charge on any atom is 0.0178 e. The summed E-state index contributed by atoms with van der Waals surface area (Å²) in [6.07, 6.45) is 6.06. The Morgan fingerprint density at radius 3 is 2.71 bits per heavy atom. The van der Waals surface area contributed by atoms with E-state index >= 15 is 0 Å². The first-order valence-electron chi connectivity index (χ1n) is 7.80. The van der Waals surface area contributed by atoms with Gasteiger partial charge in [-0.1, -0.05) is 72.6 Å². The average Bonchev–Trinajstić information content (AvgIpc) is 2.82. The molecule has 0 nitrogen and oxygen atoms in total. The summed E-state index contributed by atoms with van der Waals surface area (Å²) in [6, 6.07) is 15.5. The van der Waals surface area contributed by atoms with Gasteiger partial charge in [0.2, 0.25) is 0 Å². The van der Waals surface area contributed by atoms with Gasteiger partial charge < -0.3 is 0 Å². The molecule has 0 fully saturated rings. The SMILES string of the molecule is CCCCc1ccccc1C1=Cc2ccc(Br)cc2C1C. The summed E-state index contributed by atoms with van der Waals surface area (Å²) < 4.78 is 1.17. The lowest BCUT2D eigenvalue weighted by Gasteiger charge is -2.15. The standard InChI is InChI=1S/C20H21Br/c1-3-4-7-15-8-5-6-9-18(15)20-12-16-10-11-17(21)13-19(16)14(20)2/h5-6,8-14H,3-4,7H2,1-2H3. The van der Waals surface area contributed by atoms with Crippen LogP contribution in [0.3, 0.4) is 0 Å². The molecule has 0 spiro atoms. The lowest BCUT2D eigenvalue weighted by molar-refractivity contribution is 0.792. The van der Waals surface area contributed by atoms with Crippen LogP contribution in [0.2, 0.25) is 0 Å². The van der Waals surface area contributed by atoms with E-state index in [0.717, 1.165) is 0 Å². The molecule has 0 aromatic heterocycles. The molecule has 0 saturated carbocycles. The molecule has 2 aromatic rings. The number of benzene rings is 2. The fraction of sp³-hybridized carbons (Fsp3) is 0.300. The summed E-state index contributed by atoms with van der Waals surface area (Å²) in [6.45, 7) is 4.58. The summed E-state index contributed by atoms with van der Waals surface area (Å²) in [7, 11) is 0. The van der Waals surface area contributed by atoms with Gasteiger partial charge in [-0.25, -0.2) is 0 Å². The Bertz CT molecular complexity index is 682. The van der Waals surface area contributed by atoms with E-state index in [1.807, 2.05) is 0 Å². The molecule has 1 unspecified atom stereocenters. The molecular weight excluding hydrogens is 320 g/mol. The Hall–Kier alpha value is -1.34. The third-order valence-corrected chi connectivity index (χ3v) is 4.91. The lowest BCUT2D eigenvalue weighted by Crippen LogP contribution is -1.98. The van der Waals surface area contributed by atoms with Crippen LogP contribution in [-0.4, -0.2) is 0 Å². The molecule has 1 heteroatoms. The summed E-state index contributed by atoms with van der Waals surface area (Å²) >= 11 is 3.59. The van der Waals surface area contributed by atoms with Gasteiger partial charge in [0.25, 0.3) is 0 Å². The van der Waals surface area contributed by atoms with Crippen molar-refractivity contribution >= 4 is 27.6 Å². The molecule has 3 rings (SSSR count). The van der Waals surface area contributed by atoms with Crippen LogP contribution in [0.15, 0.2) is 46.9 Å². The molecule has 0 bridgehead atoms. The number of hydrogen-bond acceptors (Lipinski definition) is 0. The van der Waals surface area contributed by atoms with Crippen LogP contribution in [0.1, 0.15) is 54.9 Å². The van der Waals surface area contributed by atoms with Crippen molar-refractivity contribution in [3.8, 4) is 0 Å². The minimum Gasteiger partial charge on any atom is -0.0654 e. The van der Waals surface area contributed by atoms with Gasteiger partial charge >= 0.3 is 0 Å². The minimum absolute atomic E-state index is 0.472. The highest BCUT2D eigenvalue weighted by Crippen LogP contribution is 2.43. The van der Waals surface area contributed by atoms with Crippen LogP contribution in [0.25, 0.3) is 11.6 Å². The highest BCUT2D eigenvalue weighted by Gasteiger charge is 2.23. The molecule has 21 heavy (non-hydrogen) atoms. The van der Waals surface area contributed by atoms with Crippen LogP contribution in [-0.2, 0) is 6.42 Å². The zero-order valence-corrected chi connectivity index (χ0v) is 14.3. The smallest absolute Gasteiger partial charge is 0.0178 e. The highest BCUT2D eigenvalue weighted by atomic mass is 79.9. The Morgan fingerprint density at radius 2 is 1.90 bits per heavy atom. The number of allylic oxidation sites excluding steroid dienone is 1. The van der Waals surface area contributed by atoms with E-state index in [-0.39, 0.29) is 0 Å². The van der Waals surface area contributed by atoms with Crippen LogP contribution < -0.4 is 0 Å². The van der Waals surface area contributed by atoms with Crippen molar-refractivity contribution in [2.45, 2.75) is 39.0 Å². The Morgan fingerprint density at radius 1 is 1.10 bits per heavy atom. The maximum atomic E-state index is 3.59. The second-order valence-corrected chi connectivity index (χ2v) is 6.77. The number of hydrogen-bond donors (Lipinski definition) is 0. The summed E-state index contributed by atoms with van der Waals surface area (Å²) in [4.78, 5) is 0. The summed E-state index contributed by atoms with van der Waals surface area (Å²) in [5, 5.41) is 0. The normalized spacial score (nSPS) is 16.7. The van der Waals surface area contributed by atoms with Gasteiger partial charge in [0.1, 0.15) is 0 Å². The van der Waals surface area contributed by atoms with Gasteiger partial charge in [0.15, 0.2) is 0 Å². The van der Waals surface area contributed by atoms with Crippen molar-refractivity contribution < 1.29 is 0 Å². The second-order valence-electron chi connectivity index (χ2n) is 5.86. The second kappa shape index (κ2) is 6.19. The molecule has 0 aliphatic heterocycles. The summed E-state index contributed by atoms with van der Waals surface area (Å²) in [5.74, 6) is 0.472. The number of unbranched alkanes of at least 4 members (excludes halogenated alkanes) is 1. The third kappa shape index (κ3) is 2.85. The van der Waals surface area contributed by atoms with Crippen molar-refractivity contribution in [3.63, 3.8) is 0 Å². The number of fused-ring (bicyclic) bond motifs is 1. The predicted octanol–water partition coefficient (Wildman–Crippen LogP) is 6.45. The molecule has 1 aliphatic carbocycles. The maximum absolute atomic E-state index is 3.59. The first-order valence-corrected chi connectivity index (χ1v) is 8.59. The van der Waals surface area contributed by atoms with E-state index in [2.05, 4.69) is 78.3 Å². The van der Waals surface area contributed by atoms with E-state index in [1.54, 1.807) is 0 Å². The number of aryl methyl sites for hydroxylation is 1. The molecule has 0 heterocycles. The van der Waals surface area contributed by atoms with Crippen molar-refractivity contribution in [2.24, 2.45) is 0 Å². The largest absolute Gasteiger partial charge is 0.0654 e. The Labute approximate surface area is 136 Å². The topological polar surface area (TPSA) is 0 Å². The van der Waals surface area contributed by atoms with Gasteiger partial charge in [-0.2, -0.15) is 0 Å². The molecule has 1 aliphatic rings. The third-order valence-electron chi connectivity index (χ3n) is 4.42. The molecule has 0 radical (unpaired) electrons. The van der Waals surface area contributed by atoms with E-state index < -0.39 is 0 Å². The quantitative estimate of drug-likeness (QED) is 0.599. The Balaban J connectivity index is 1.99. The molecule has 0 amide bonds. The monoisotopic (exact) mass is 340 g/mol. The average molecular weight is 341 g/mol. The zero-order chi connectivity index (χ0) is 14.8. The molecule has 1 atom stereocenters. The molecular formula is C20H21Br. The van der Waals surface area contributed by atoms with Crippen molar-refractivity contribution in [1.82, 2.24) is 0 Å². The summed E-state index contributed by atoms with van der Waals surface area (Å²) in [5.41, 5.74) is 7.19. The van der Waals surface area contributed by atoms with Crippen molar-refractivity contribution in [2.75, 3.05) is 0 Å². The highest BCUT2D eigenvalue weighted by molar-refractivity contribution is 9.10. The fourth-order valence-corrected chi connectivity index (χ4v) is 3.59. The van der Waals surface area contributed by atoms with E-state index in [9.17, 15) is 0 Å². The predicted molar refractivity (Wildman–Crippen MR) is 95.5 cm³/mol. The van der Waals surface area contributed by atoms with Gasteiger partial charge in [-0.05, 0) is 52.8 Å². The van der Waals surface area contributed by atoms with Gasteiger partial charge in [-0.3, -0.25) is 0 Å². The molecule has 2 aromatic carbocycles. The molecule has 0 saturated heterocycles. The van der Waals surface area contributed by atoms with Crippen LogP contribution >= 0.6 is 15.9 Å². The molecule has 0 N–H and O–H groups in total. The van der Waals surface area contributed by atoms with E-state index in [4.69, 9.17) is 0 Å². The van der Waals surface area contributed by atoms with Crippen LogP contribution in [0, 0.1) is 0 Å².